The molecule has 0 radical (unpaired) electrons. The van der Waals surface area contributed by atoms with Gasteiger partial charge in [0.2, 0.25) is 0 Å². The topological polar surface area (TPSA) is 35.5 Å². The molecule has 0 aromatic carbocycles. The average Bonchev–Trinajstić information content (AvgIpc) is 2.29. The molecular formula is C16H34O3SiSn. The number of carbonyl (C=O) groups excluding carboxylic acids is 1. The zero-order valence-electron chi connectivity index (χ0n) is 15.4. The summed E-state index contributed by atoms with van der Waals surface area (Å²) in [5.74, 6) is -0.220. The zero-order valence-corrected chi connectivity index (χ0v) is 19.3. The van der Waals surface area contributed by atoms with Gasteiger partial charge in [-0.05, 0) is 0 Å². The van der Waals surface area contributed by atoms with Crippen molar-refractivity contribution in [2.45, 2.75) is 66.6 Å². The Balaban J connectivity index is 4.55. The minimum atomic E-state index is -2.23. The van der Waals surface area contributed by atoms with Crippen molar-refractivity contribution in [1.82, 2.24) is 0 Å². The van der Waals surface area contributed by atoms with E-state index in [9.17, 15) is 4.79 Å². The second-order valence-corrected chi connectivity index (χ2v) is 27.6. The Labute approximate surface area is 136 Å². The molecule has 0 aromatic rings. The van der Waals surface area contributed by atoms with E-state index in [4.69, 9.17) is 9.16 Å². The maximum absolute atomic E-state index is 11.5. The summed E-state index contributed by atoms with van der Waals surface area (Å²) in [4.78, 5) is 18.5. The van der Waals surface area contributed by atoms with Gasteiger partial charge in [-0.3, -0.25) is 0 Å². The van der Waals surface area contributed by atoms with Gasteiger partial charge in [-0.25, -0.2) is 0 Å². The van der Waals surface area contributed by atoms with E-state index in [-0.39, 0.29) is 11.0 Å². The third-order valence-electron chi connectivity index (χ3n) is 4.32. The first-order valence-corrected chi connectivity index (χ1v) is 20.6. The van der Waals surface area contributed by atoms with Gasteiger partial charge in [0.1, 0.15) is 0 Å². The summed E-state index contributed by atoms with van der Waals surface area (Å²) in [6.45, 7) is 12.1. The molecule has 0 aliphatic heterocycles. The molecule has 0 saturated carbocycles. The SMILES string of the molecule is COC(=O)/C=[C](\CCCO[Si](C)(C)C(C)(C)C)[Sn]([CH3])([CH3])[CH3]. The van der Waals surface area contributed by atoms with Gasteiger partial charge in [0, 0.05) is 0 Å². The van der Waals surface area contributed by atoms with Crippen LogP contribution in [0.25, 0.3) is 0 Å². The van der Waals surface area contributed by atoms with Gasteiger partial charge in [-0.2, -0.15) is 0 Å². The molecule has 0 unspecified atom stereocenters. The molecule has 0 rings (SSSR count). The van der Waals surface area contributed by atoms with Crippen molar-refractivity contribution in [2.75, 3.05) is 13.7 Å². The molecule has 5 heteroatoms. The first-order chi connectivity index (χ1) is 9.31. The van der Waals surface area contributed by atoms with Crippen LogP contribution in [0.15, 0.2) is 9.67 Å². The van der Waals surface area contributed by atoms with Crippen molar-refractivity contribution in [1.29, 1.82) is 0 Å². The Kier molecular flexibility index (Phi) is 8.23. The zero-order chi connectivity index (χ0) is 16.9. The molecule has 124 valence electrons. The number of ether oxygens (including phenoxy) is 1. The second kappa shape index (κ2) is 8.15. The van der Waals surface area contributed by atoms with Gasteiger partial charge in [-0.15, -0.1) is 0 Å². The van der Waals surface area contributed by atoms with E-state index in [1.54, 1.807) is 6.08 Å². The summed E-state index contributed by atoms with van der Waals surface area (Å²) in [5, 5.41) is 0.251. The van der Waals surface area contributed by atoms with Crippen LogP contribution < -0.4 is 0 Å². The molecule has 0 N–H and O–H groups in total. The molecule has 0 fully saturated rings. The van der Waals surface area contributed by atoms with Crippen molar-refractivity contribution in [3.8, 4) is 0 Å². The monoisotopic (exact) mass is 422 g/mol. The van der Waals surface area contributed by atoms with Crippen LogP contribution in [0.5, 0.6) is 0 Å². The quantitative estimate of drug-likeness (QED) is 0.257. The Hall–Kier alpha value is 0.186. The molecule has 3 nitrogen and oxygen atoms in total. The fourth-order valence-corrected chi connectivity index (χ4v) is 6.98. The van der Waals surface area contributed by atoms with Crippen LogP contribution in [0.3, 0.4) is 0 Å². The van der Waals surface area contributed by atoms with Crippen molar-refractivity contribution in [3.63, 3.8) is 0 Å². The van der Waals surface area contributed by atoms with Crippen LogP contribution in [0.1, 0.15) is 33.6 Å². The molecule has 0 amide bonds. The average molecular weight is 421 g/mol. The number of methoxy groups -OCH3 is 1. The number of rotatable bonds is 7. The van der Waals surface area contributed by atoms with Crippen LogP contribution in [0.4, 0.5) is 0 Å². The van der Waals surface area contributed by atoms with E-state index >= 15 is 0 Å². The van der Waals surface area contributed by atoms with Crippen LogP contribution in [-0.2, 0) is 14.0 Å². The Morgan fingerprint density at radius 2 is 1.71 bits per heavy atom. The predicted octanol–water partition coefficient (Wildman–Crippen LogP) is 4.77. The van der Waals surface area contributed by atoms with Gasteiger partial charge in [0.15, 0.2) is 0 Å². The van der Waals surface area contributed by atoms with E-state index in [0.29, 0.717) is 0 Å². The minimum absolute atomic E-state index is 0.220. The number of hydrogen-bond donors (Lipinski definition) is 0. The van der Waals surface area contributed by atoms with E-state index in [0.717, 1.165) is 19.4 Å². The summed E-state index contributed by atoms with van der Waals surface area (Å²) in [5.41, 5.74) is 0. The van der Waals surface area contributed by atoms with Crippen LogP contribution in [-0.4, -0.2) is 46.4 Å². The van der Waals surface area contributed by atoms with Crippen molar-refractivity contribution < 1.29 is 14.0 Å². The number of carbonyl (C=O) groups is 1. The Morgan fingerprint density at radius 1 is 1.19 bits per heavy atom. The summed E-state index contributed by atoms with van der Waals surface area (Å²) in [6.07, 6.45) is 3.68. The summed E-state index contributed by atoms with van der Waals surface area (Å²) >= 11 is -2.23. The normalized spacial score (nSPS) is 14.2. The molecule has 0 spiro atoms. The molecule has 21 heavy (non-hydrogen) atoms. The molecule has 0 heterocycles. The van der Waals surface area contributed by atoms with E-state index in [1.165, 1.54) is 10.7 Å². The molecular weight excluding hydrogens is 387 g/mol. The van der Waals surface area contributed by atoms with E-state index in [2.05, 4.69) is 48.7 Å². The number of esters is 1. The van der Waals surface area contributed by atoms with Gasteiger partial charge in [0.25, 0.3) is 0 Å². The molecule has 0 saturated heterocycles. The van der Waals surface area contributed by atoms with Crippen LogP contribution in [0, 0.1) is 0 Å². The third kappa shape index (κ3) is 7.84. The summed E-state index contributed by atoms with van der Waals surface area (Å²) in [6, 6.07) is 0. The molecule has 0 atom stereocenters. The summed E-state index contributed by atoms with van der Waals surface area (Å²) < 4.78 is 12.3. The van der Waals surface area contributed by atoms with Crippen molar-refractivity contribution in [3.05, 3.63) is 9.67 Å². The summed E-state index contributed by atoms with van der Waals surface area (Å²) in [7, 11) is -0.216. The standard InChI is InChI=1S/C13H25O3Si.3CH3.Sn/c1-13(2,3)17(5,6)16-11-9-7-8-10-12(14)15-4;;;;/h10H,7,9,11H2,1-6H3;3*1H3;. The molecule has 0 aliphatic rings. The van der Waals surface area contributed by atoms with Crippen LogP contribution in [0.2, 0.25) is 33.0 Å². The van der Waals surface area contributed by atoms with Crippen molar-refractivity contribution in [2.24, 2.45) is 0 Å². The Bertz CT molecular complexity index is 376. The fourth-order valence-electron chi connectivity index (χ4n) is 1.67. The first kappa shape index (κ1) is 21.2. The molecule has 0 aliphatic carbocycles. The first-order valence-electron chi connectivity index (χ1n) is 7.74. The van der Waals surface area contributed by atoms with Crippen LogP contribution >= 0.6 is 0 Å². The number of allylic oxidation sites excluding steroid dienone is 1. The molecule has 0 bridgehead atoms. The molecule has 0 aromatic heterocycles. The third-order valence-corrected chi connectivity index (χ3v) is 15.5. The van der Waals surface area contributed by atoms with Crippen molar-refractivity contribution >= 4 is 32.7 Å². The van der Waals surface area contributed by atoms with Gasteiger partial charge < -0.3 is 0 Å². The van der Waals surface area contributed by atoms with Gasteiger partial charge in [0.05, 0.1) is 0 Å². The van der Waals surface area contributed by atoms with E-state index < -0.39 is 26.7 Å². The number of hydrogen-bond acceptors (Lipinski definition) is 3. The van der Waals surface area contributed by atoms with Gasteiger partial charge in [-0.1, -0.05) is 0 Å². The van der Waals surface area contributed by atoms with Gasteiger partial charge >= 0.3 is 137 Å². The predicted molar refractivity (Wildman–Crippen MR) is 95.8 cm³/mol. The fraction of sp³-hybridized carbons (Fsp3) is 0.812. The maximum atomic E-state index is 11.5. The second-order valence-electron chi connectivity index (χ2n) is 8.16. The van der Waals surface area contributed by atoms with E-state index in [1.807, 2.05) is 0 Å². The Morgan fingerprint density at radius 3 is 2.10 bits per heavy atom.